The number of pyridine rings is 1. The lowest BCUT2D eigenvalue weighted by Crippen LogP contribution is -1.91. The average Bonchev–Trinajstić information content (AvgIpc) is 2.89. The number of aromatic nitrogens is 2. The van der Waals surface area contributed by atoms with Crippen molar-refractivity contribution >= 4 is 22.3 Å². The van der Waals surface area contributed by atoms with Gasteiger partial charge in [-0.3, -0.25) is 0 Å². The first-order valence-electron chi connectivity index (χ1n) is 6.56. The summed E-state index contributed by atoms with van der Waals surface area (Å²) < 4.78 is 5.18. The molecule has 3 rings (SSSR count). The summed E-state index contributed by atoms with van der Waals surface area (Å²) in [5.41, 5.74) is 2.07. The summed E-state index contributed by atoms with van der Waals surface area (Å²) in [5, 5.41) is 4.07. The number of methoxy groups -OCH3 is 1. The van der Waals surface area contributed by atoms with E-state index in [0.29, 0.717) is 0 Å². The van der Waals surface area contributed by atoms with Gasteiger partial charge in [-0.2, -0.15) is 0 Å². The third-order valence-electron chi connectivity index (χ3n) is 3.06. The summed E-state index contributed by atoms with van der Waals surface area (Å²) in [6.07, 6.45) is 1.76. The number of rotatable bonds is 4. The highest BCUT2D eigenvalue weighted by atomic mass is 32.1. The van der Waals surface area contributed by atoms with E-state index >= 15 is 0 Å². The molecule has 0 radical (unpaired) electrons. The highest BCUT2D eigenvalue weighted by Gasteiger charge is 2.10. The molecule has 2 heterocycles. The molecule has 0 amide bonds. The fourth-order valence-electron chi connectivity index (χ4n) is 2.01. The second kappa shape index (κ2) is 5.93. The largest absolute Gasteiger partial charge is 0.497 e. The lowest BCUT2D eigenvalue weighted by molar-refractivity contribution is 0.415. The lowest BCUT2D eigenvalue weighted by atomic mass is 10.1. The number of anilines is 2. The molecule has 0 saturated carbocycles. The molecule has 4 nitrogen and oxygen atoms in total. The predicted octanol–water partition coefficient (Wildman–Crippen LogP) is 4.27. The number of ether oxygens (including phenoxy) is 1. The van der Waals surface area contributed by atoms with Gasteiger partial charge in [0.15, 0.2) is 5.13 Å². The summed E-state index contributed by atoms with van der Waals surface area (Å²) in [6, 6.07) is 13.7. The Hall–Kier alpha value is -2.40. The Morgan fingerprint density at radius 3 is 2.57 bits per heavy atom. The third kappa shape index (κ3) is 3.03. The van der Waals surface area contributed by atoms with E-state index in [1.165, 1.54) is 4.88 Å². The van der Waals surface area contributed by atoms with Crippen molar-refractivity contribution in [3.05, 3.63) is 53.5 Å². The van der Waals surface area contributed by atoms with Crippen LogP contribution in [0.4, 0.5) is 10.9 Å². The highest BCUT2D eigenvalue weighted by molar-refractivity contribution is 7.16. The molecule has 106 valence electrons. The van der Waals surface area contributed by atoms with Crippen LogP contribution >= 0.6 is 11.3 Å². The molecule has 2 aromatic heterocycles. The van der Waals surface area contributed by atoms with Crippen molar-refractivity contribution in [3.8, 4) is 17.0 Å². The van der Waals surface area contributed by atoms with Crippen LogP contribution in [-0.2, 0) is 0 Å². The normalized spacial score (nSPS) is 10.4. The van der Waals surface area contributed by atoms with Gasteiger partial charge in [0.1, 0.15) is 11.6 Å². The van der Waals surface area contributed by atoms with Crippen LogP contribution in [0, 0.1) is 6.92 Å². The zero-order chi connectivity index (χ0) is 14.7. The smallest absolute Gasteiger partial charge is 0.189 e. The molecule has 0 unspecified atom stereocenters. The molecule has 0 spiro atoms. The topological polar surface area (TPSA) is 47.0 Å². The number of thiazole rings is 1. The van der Waals surface area contributed by atoms with Gasteiger partial charge >= 0.3 is 0 Å². The SMILES string of the molecule is COc1ccc(-c2nc(Nc3ccccn3)sc2C)cc1. The van der Waals surface area contributed by atoms with E-state index in [-0.39, 0.29) is 0 Å². The van der Waals surface area contributed by atoms with Gasteiger partial charge < -0.3 is 10.1 Å². The van der Waals surface area contributed by atoms with E-state index in [1.54, 1.807) is 24.6 Å². The van der Waals surface area contributed by atoms with Crippen molar-refractivity contribution in [1.29, 1.82) is 0 Å². The number of aryl methyl sites for hydroxylation is 1. The Labute approximate surface area is 127 Å². The van der Waals surface area contributed by atoms with Gasteiger partial charge in [-0.15, -0.1) is 11.3 Å². The van der Waals surface area contributed by atoms with E-state index < -0.39 is 0 Å². The molecule has 1 N–H and O–H groups in total. The van der Waals surface area contributed by atoms with Crippen LogP contribution < -0.4 is 10.1 Å². The van der Waals surface area contributed by atoms with E-state index in [9.17, 15) is 0 Å². The van der Waals surface area contributed by atoms with Crippen molar-refractivity contribution < 1.29 is 4.74 Å². The van der Waals surface area contributed by atoms with Crippen LogP contribution in [0.5, 0.6) is 5.75 Å². The van der Waals surface area contributed by atoms with Gasteiger partial charge in [0.05, 0.1) is 12.8 Å². The Kier molecular flexibility index (Phi) is 3.83. The maximum atomic E-state index is 5.18. The maximum absolute atomic E-state index is 5.18. The first-order valence-corrected chi connectivity index (χ1v) is 7.38. The molecule has 0 aliphatic heterocycles. The van der Waals surface area contributed by atoms with E-state index in [1.807, 2.05) is 42.5 Å². The Morgan fingerprint density at radius 2 is 1.90 bits per heavy atom. The van der Waals surface area contributed by atoms with Gasteiger partial charge in [0.25, 0.3) is 0 Å². The fraction of sp³-hybridized carbons (Fsp3) is 0.125. The Morgan fingerprint density at radius 1 is 1.10 bits per heavy atom. The van der Waals surface area contributed by atoms with Gasteiger partial charge in [-0.05, 0) is 43.3 Å². The number of nitrogens with one attached hydrogen (secondary N) is 1. The van der Waals surface area contributed by atoms with E-state index in [2.05, 4.69) is 22.2 Å². The molecular weight excluding hydrogens is 282 g/mol. The Bertz CT molecular complexity index is 723. The van der Waals surface area contributed by atoms with Gasteiger partial charge in [-0.1, -0.05) is 6.07 Å². The van der Waals surface area contributed by atoms with E-state index in [4.69, 9.17) is 4.74 Å². The van der Waals surface area contributed by atoms with Crippen LogP contribution in [0.3, 0.4) is 0 Å². The second-order valence-corrected chi connectivity index (χ2v) is 5.70. The summed E-state index contributed by atoms with van der Waals surface area (Å²) in [5.74, 6) is 1.64. The summed E-state index contributed by atoms with van der Waals surface area (Å²) >= 11 is 1.62. The van der Waals surface area contributed by atoms with Crippen LogP contribution in [0.1, 0.15) is 4.88 Å². The highest BCUT2D eigenvalue weighted by Crippen LogP contribution is 2.32. The zero-order valence-corrected chi connectivity index (χ0v) is 12.6. The van der Waals surface area contributed by atoms with Crippen LogP contribution in [-0.4, -0.2) is 17.1 Å². The minimum Gasteiger partial charge on any atom is -0.497 e. The first-order chi connectivity index (χ1) is 10.3. The molecule has 0 atom stereocenters. The van der Waals surface area contributed by atoms with Crippen molar-refractivity contribution in [1.82, 2.24) is 9.97 Å². The van der Waals surface area contributed by atoms with Gasteiger partial charge in [0, 0.05) is 16.6 Å². The number of nitrogens with zero attached hydrogens (tertiary/aromatic N) is 2. The number of hydrogen-bond acceptors (Lipinski definition) is 5. The Balaban J connectivity index is 1.86. The maximum Gasteiger partial charge on any atom is 0.189 e. The summed E-state index contributed by atoms with van der Waals surface area (Å²) in [4.78, 5) is 10.1. The van der Waals surface area contributed by atoms with Crippen molar-refractivity contribution in [2.24, 2.45) is 0 Å². The predicted molar refractivity (Wildman–Crippen MR) is 86.4 cm³/mol. The van der Waals surface area contributed by atoms with Crippen molar-refractivity contribution in [3.63, 3.8) is 0 Å². The molecular formula is C16H15N3OS. The summed E-state index contributed by atoms with van der Waals surface area (Å²) in [6.45, 7) is 2.07. The monoisotopic (exact) mass is 297 g/mol. The van der Waals surface area contributed by atoms with Crippen LogP contribution in [0.25, 0.3) is 11.3 Å². The van der Waals surface area contributed by atoms with Crippen molar-refractivity contribution in [2.45, 2.75) is 6.92 Å². The molecule has 0 fully saturated rings. The molecule has 1 aromatic carbocycles. The fourth-order valence-corrected chi connectivity index (χ4v) is 2.86. The number of hydrogen-bond donors (Lipinski definition) is 1. The number of benzene rings is 1. The molecule has 5 heteroatoms. The van der Waals surface area contributed by atoms with Gasteiger partial charge in [0.2, 0.25) is 0 Å². The molecule has 0 aliphatic carbocycles. The minimum atomic E-state index is 0.799. The van der Waals surface area contributed by atoms with E-state index in [0.717, 1.165) is 28.0 Å². The minimum absolute atomic E-state index is 0.799. The third-order valence-corrected chi connectivity index (χ3v) is 3.95. The molecule has 0 aliphatic rings. The molecule has 21 heavy (non-hydrogen) atoms. The van der Waals surface area contributed by atoms with Gasteiger partial charge in [-0.25, -0.2) is 9.97 Å². The summed E-state index contributed by atoms with van der Waals surface area (Å²) in [7, 11) is 1.66. The van der Waals surface area contributed by atoms with Crippen LogP contribution in [0.15, 0.2) is 48.7 Å². The molecule has 0 bridgehead atoms. The second-order valence-electron chi connectivity index (χ2n) is 4.49. The standard InChI is InChI=1S/C16H15N3OS/c1-11-15(12-6-8-13(20-2)9-7-12)19-16(21-11)18-14-5-3-4-10-17-14/h3-10H,1-2H3,(H,17,18,19). The van der Waals surface area contributed by atoms with Crippen LogP contribution in [0.2, 0.25) is 0 Å². The molecule has 3 aromatic rings. The van der Waals surface area contributed by atoms with Crippen molar-refractivity contribution in [2.75, 3.05) is 12.4 Å². The quantitative estimate of drug-likeness (QED) is 0.781. The average molecular weight is 297 g/mol. The first kappa shape index (κ1) is 13.6. The lowest BCUT2D eigenvalue weighted by Gasteiger charge is -2.02. The molecule has 0 saturated heterocycles. The zero-order valence-electron chi connectivity index (χ0n) is 11.8.